The van der Waals surface area contributed by atoms with E-state index in [1.54, 1.807) is 4.90 Å². The number of rotatable bonds is 5. The van der Waals surface area contributed by atoms with Gasteiger partial charge in [0.05, 0.1) is 0 Å². The van der Waals surface area contributed by atoms with Crippen LogP contribution in [0.2, 0.25) is 5.02 Å². The standard InChI is InChI=1S/C17H17Cl2NO/c1-2-20(12-15-5-3-4-6-16(15)19)17(21)14-9-7-13(11-18)8-10-14/h3-10H,2,11-12H2,1H3. The summed E-state index contributed by atoms with van der Waals surface area (Å²) >= 11 is 11.9. The van der Waals surface area contributed by atoms with Crippen LogP contribution < -0.4 is 0 Å². The van der Waals surface area contributed by atoms with Crippen LogP contribution in [0.15, 0.2) is 48.5 Å². The van der Waals surface area contributed by atoms with Crippen molar-refractivity contribution >= 4 is 29.1 Å². The molecular formula is C17H17Cl2NO. The van der Waals surface area contributed by atoms with Crippen molar-refractivity contribution in [3.8, 4) is 0 Å². The zero-order valence-corrected chi connectivity index (χ0v) is 13.4. The highest BCUT2D eigenvalue weighted by molar-refractivity contribution is 6.31. The first-order chi connectivity index (χ1) is 10.2. The summed E-state index contributed by atoms with van der Waals surface area (Å²) in [5.74, 6) is 0.449. The maximum absolute atomic E-state index is 12.5. The van der Waals surface area contributed by atoms with Gasteiger partial charge in [-0.2, -0.15) is 0 Å². The maximum Gasteiger partial charge on any atom is 0.254 e. The van der Waals surface area contributed by atoms with E-state index in [2.05, 4.69) is 0 Å². The number of carbonyl (C=O) groups is 1. The highest BCUT2D eigenvalue weighted by Gasteiger charge is 2.15. The van der Waals surface area contributed by atoms with Crippen LogP contribution in [0, 0.1) is 0 Å². The van der Waals surface area contributed by atoms with E-state index in [1.165, 1.54) is 0 Å². The Balaban J connectivity index is 2.16. The highest BCUT2D eigenvalue weighted by atomic mass is 35.5. The van der Waals surface area contributed by atoms with Gasteiger partial charge in [0.25, 0.3) is 5.91 Å². The summed E-state index contributed by atoms with van der Waals surface area (Å²) in [7, 11) is 0. The van der Waals surface area contributed by atoms with Crippen molar-refractivity contribution in [2.24, 2.45) is 0 Å². The van der Waals surface area contributed by atoms with Crippen molar-refractivity contribution in [3.63, 3.8) is 0 Å². The second-order valence-electron chi connectivity index (χ2n) is 4.74. The van der Waals surface area contributed by atoms with E-state index in [4.69, 9.17) is 23.2 Å². The molecule has 1 amide bonds. The van der Waals surface area contributed by atoms with Crippen molar-refractivity contribution in [2.75, 3.05) is 6.54 Å². The Morgan fingerprint density at radius 3 is 2.33 bits per heavy atom. The predicted octanol–water partition coefficient (Wildman–Crippen LogP) is 4.74. The number of nitrogens with zero attached hydrogens (tertiary/aromatic N) is 1. The first-order valence-electron chi connectivity index (χ1n) is 6.83. The van der Waals surface area contributed by atoms with Gasteiger partial charge in [-0.3, -0.25) is 4.79 Å². The van der Waals surface area contributed by atoms with Gasteiger partial charge in [-0.25, -0.2) is 0 Å². The molecule has 0 unspecified atom stereocenters. The molecule has 4 heteroatoms. The summed E-state index contributed by atoms with van der Waals surface area (Å²) in [5.41, 5.74) is 2.62. The molecule has 2 nitrogen and oxygen atoms in total. The number of halogens is 2. The fourth-order valence-corrected chi connectivity index (χ4v) is 2.45. The number of alkyl halides is 1. The number of carbonyl (C=O) groups excluding carboxylic acids is 1. The predicted molar refractivity (Wildman–Crippen MR) is 87.9 cm³/mol. The molecule has 0 aliphatic heterocycles. The van der Waals surface area contributed by atoms with E-state index in [9.17, 15) is 4.79 Å². The molecule has 2 aromatic carbocycles. The molecule has 0 saturated carbocycles. The molecule has 2 rings (SSSR count). The molecule has 2 aromatic rings. The van der Waals surface area contributed by atoms with Crippen molar-refractivity contribution < 1.29 is 4.79 Å². The third kappa shape index (κ3) is 3.99. The number of hydrogen-bond acceptors (Lipinski definition) is 1. The van der Waals surface area contributed by atoms with Crippen LogP contribution >= 0.6 is 23.2 Å². The summed E-state index contributed by atoms with van der Waals surface area (Å²) in [4.78, 5) is 14.3. The molecule has 0 saturated heterocycles. The lowest BCUT2D eigenvalue weighted by Crippen LogP contribution is -2.30. The molecule has 0 atom stereocenters. The molecule has 110 valence electrons. The molecule has 0 heterocycles. The van der Waals surface area contributed by atoms with Gasteiger partial charge in [-0.1, -0.05) is 41.9 Å². The summed E-state index contributed by atoms with van der Waals surface area (Å²) in [5, 5.41) is 0.682. The number of benzene rings is 2. The van der Waals surface area contributed by atoms with Crippen LogP contribution in [0.4, 0.5) is 0 Å². The van der Waals surface area contributed by atoms with Crippen LogP contribution in [0.1, 0.15) is 28.4 Å². The highest BCUT2D eigenvalue weighted by Crippen LogP contribution is 2.18. The smallest absolute Gasteiger partial charge is 0.254 e. The zero-order valence-electron chi connectivity index (χ0n) is 11.9. The van der Waals surface area contributed by atoms with Gasteiger partial charge in [0.1, 0.15) is 0 Å². The Morgan fingerprint density at radius 1 is 1.10 bits per heavy atom. The van der Waals surface area contributed by atoms with Crippen molar-refractivity contribution in [2.45, 2.75) is 19.3 Å². The fourth-order valence-electron chi connectivity index (χ4n) is 2.08. The topological polar surface area (TPSA) is 20.3 Å². The minimum atomic E-state index is -0.00135. The Labute approximate surface area is 135 Å². The molecule has 0 N–H and O–H groups in total. The third-order valence-corrected chi connectivity index (χ3v) is 4.02. The van der Waals surface area contributed by atoms with Crippen molar-refractivity contribution in [1.29, 1.82) is 0 Å². The summed E-state index contributed by atoms with van der Waals surface area (Å²) in [6.07, 6.45) is 0. The average molecular weight is 322 g/mol. The molecule has 21 heavy (non-hydrogen) atoms. The lowest BCUT2D eigenvalue weighted by atomic mass is 10.1. The van der Waals surface area contributed by atoms with Gasteiger partial charge in [-0.05, 0) is 36.2 Å². The zero-order chi connectivity index (χ0) is 15.2. The summed E-state index contributed by atoms with van der Waals surface area (Å²) < 4.78 is 0. The van der Waals surface area contributed by atoms with Gasteiger partial charge in [0, 0.05) is 29.6 Å². The van der Waals surface area contributed by atoms with Gasteiger partial charge in [0.15, 0.2) is 0 Å². The van der Waals surface area contributed by atoms with Crippen molar-refractivity contribution in [3.05, 3.63) is 70.2 Å². The van der Waals surface area contributed by atoms with Gasteiger partial charge in [-0.15, -0.1) is 11.6 Å². The minimum absolute atomic E-state index is 0.00135. The second-order valence-corrected chi connectivity index (χ2v) is 5.42. The molecular weight excluding hydrogens is 305 g/mol. The molecule has 0 bridgehead atoms. The maximum atomic E-state index is 12.5. The third-order valence-electron chi connectivity index (χ3n) is 3.34. The monoisotopic (exact) mass is 321 g/mol. The number of hydrogen-bond donors (Lipinski definition) is 0. The average Bonchev–Trinajstić information content (AvgIpc) is 2.53. The summed E-state index contributed by atoms with van der Waals surface area (Å²) in [6, 6.07) is 15.0. The van der Waals surface area contributed by atoms with Crippen LogP contribution in [0.25, 0.3) is 0 Å². The SMILES string of the molecule is CCN(Cc1ccccc1Cl)C(=O)c1ccc(CCl)cc1. The van der Waals surface area contributed by atoms with Gasteiger partial charge < -0.3 is 4.90 Å². The van der Waals surface area contributed by atoms with Gasteiger partial charge in [0.2, 0.25) is 0 Å². The van der Waals surface area contributed by atoms with Crippen molar-refractivity contribution in [1.82, 2.24) is 4.90 Å². The van der Waals surface area contributed by atoms with E-state index >= 15 is 0 Å². The van der Waals surface area contributed by atoms with E-state index in [0.717, 1.165) is 11.1 Å². The molecule has 0 radical (unpaired) electrons. The molecule has 0 spiro atoms. The molecule has 0 aliphatic rings. The minimum Gasteiger partial charge on any atom is -0.335 e. The Kier molecular flexibility index (Phi) is 5.66. The molecule has 0 aromatic heterocycles. The first kappa shape index (κ1) is 15.9. The van der Waals surface area contributed by atoms with Crippen LogP contribution in [-0.4, -0.2) is 17.4 Å². The Bertz CT molecular complexity index is 610. The van der Waals surface area contributed by atoms with Gasteiger partial charge >= 0.3 is 0 Å². The second kappa shape index (κ2) is 7.48. The quantitative estimate of drug-likeness (QED) is 0.728. The van der Waals surface area contributed by atoms with E-state index in [-0.39, 0.29) is 5.91 Å². The lowest BCUT2D eigenvalue weighted by Gasteiger charge is -2.21. The van der Waals surface area contributed by atoms with E-state index in [0.29, 0.717) is 29.6 Å². The number of amides is 1. The van der Waals surface area contributed by atoms with E-state index < -0.39 is 0 Å². The first-order valence-corrected chi connectivity index (χ1v) is 7.74. The normalized spacial score (nSPS) is 10.4. The van der Waals surface area contributed by atoms with Crippen LogP contribution in [-0.2, 0) is 12.4 Å². The van der Waals surface area contributed by atoms with Crippen LogP contribution in [0.3, 0.4) is 0 Å². The van der Waals surface area contributed by atoms with Crippen LogP contribution in [0.5, 0.6) is 0 Å². The fraction of sp³-hybridized carbons (Fsp3) is 0.235. The summed E-state index contributed by atoms with van der Waals surface area (Å²) in [6.45, 7) is 3.09. The Hall–Kier alpha value is -1.51. The largest absolute Gasteiger partial charge is 0.335 e. The van der Waals surface area contributed by atoms with E-state index in [1.807, 2.05) is 55.5 Å². The molecule has 0 fully saturated rings. The molecule has 0 aliphatic carbocycles. The lowest BCUT2D eigenvalue weighted by molar-refractivity contribution is 0.0752. The Morgan fingerprint density at radius 2 is 1.76 bits per heavy atom.